The van der Waals surface area contributed by atoms with Gasteiger partial charge in [-0.3, -0.25) is 0 Å². The fourth-order valence-electron chi connectivity index (χ4n) is 1.71. The van der Waals surface area contributed by atoms with Crippen molar-refractivity contribution < 1.29 is 18.6 Å². The molecule has 114 valence electrons. The Labute approximate surface area is 127 Å². The number of anilines is 1. The average Bonchev–Trinajstić information content (AvgIpc) is 2.40. The van der Waals surface area contributed by atoms with Gasteiger partial charge in [0.1, 0.15) is 0 Å². The first-order valence-corrected chi connectivity index (χ1v) is 8.30. The number of sulfonamides is 1. The first kappa shape index (κ1) is 17.4. The molecule has 0 aliphatic carbocycles. The number of aliphatic hydroxyl groups is 2. The second-order valence-corrected chi connectivity index (χ2v) is 7.20. The van der Waals surface area contributed by atoms with Gasteiger partial charge in [-0.1, -0.05) is 6.92 Å². The van der Waals surface area contributed by atoms with Gasteiger partial charge in [0.25, 0.3) is 0 Å². The Balaban J connectivity index is 3.28. The van der Waals surface area contributed by atoms with Crippen LogP contribution in [-0.4, -0.2) is 37.4 Å². The summed E-state index contributed by atoms with van der Waals surface area (Å²) in [7, 11) is -3.89. The third-order valence-electron chi connectivity index (χ3n) is 3.22. The van der Waals surface area contributed by atoms with Crippen molar-refractivity contribution in [3.05, 3.63) is 22.2 Å². The van der Waals surface area contributed by atoms with Gasteiger partial charge in [-0.05, 0) is 47.0 Å². The number of halogens is 1. The molecule has 0 saturated heterocycles. The van der Waals surface area contributed by atoms with E-state index in [-0.39, 0.29) is 11.3 Å². The lowest BCUT2D eigenvalue weighted by Gasteiger charge is -2.29. The van der Waals surface area contributed by atoms with E-state index in [1.165, 1.54) is 6.07 Å². The Morgan fingerprint density at radius 1 is 1.35 bits per heavy atom. The fourth-order valence-corrected chi connectivity index (χ4v) is 3.88. The zero-order chi connectivity index (χ0) is 15.6. The summed E-state index contributed by atoms with van der Waals surface area (Å²) in [6.45, 7) is 2.33. The minimum absolute atomic E-state index is 0.0259. The van der Waals surface area contributed by atoms with Crippen LogP contribution in [-0.2, 0) is 10.0 Å². The van der Waals surface area contributed by atoms with Crippen molar-refractivity contribution in [3.8, 4) is 0 Å². The standard InChI is InChI=1S/C12H19BrN2O4S/c1-3-12(6-16,7-17)15-20(18,19)11-5-10(14)9(13)4-8(11)2/h4-5,15-17H,3,6-7,14H2,1-2H3. The number of hydrogen-bond acceptors (Lipinski definition) is 5. The molecule has 1 aromatic carbocycles. The second-order valence-electron chi connectivity index (χ2n) is 4.69. The van der Waals surface area contributed by atoms with Crippen LogP contribution in [0.3, 0.4) is 0 Å². The maximum Gasteiger partial charge on any atom is 0.241 e. The van der Waals surface area contributed by atoms with Gasteiger partial charge >= 0.3 is 0 Å². The van der Waals surface area contributed by atoms with Crippen molar-refractivity contribution >= 4 is 31.6 Å². The highest BCUT2D eigenvalue weighted by Gasteiger charge is 2.33. The van der Waals surface area contributed by atoms with Crippen LogP contribution in [0.5, 0.6) is 0 Å². The van der Waals surface area contributed by atoms with Crippen LogP contribution in [0, 0.1) is 6.92 Å². The van der Waals surface area contributed by atoms with Gasteiger partial charge in [0.15, 0.2) is 0 Å². The minimum Gasteiger partial charge on any atom is -0.398 e. The second kappa shape index (κ2) is 6.40. The van der Waals surface area contributed by atoms with Crippen molar-refractivity contribution in [1.82, 2.24) is 4.72 Å². The predicted molar refractivity (Wildman–Crippen MR) is 80.8 cm³/mol. The topological polar surface area (TPSA) is 113 Å². The number of nitrogens with one attached hydrogen (secondary N) is 1. The van der Waals surface area contributed by atoms with Crippen LogP contribution in [0.15, 0.2) is 21.5 Å². The molecule has 0 spiro atoms. The first-order chi connectivity index (χ1) is 9.21. The lowest BCUT2D eigenvalue weighted by Crippen LogP contribution is -2.53. The van der Waals surface area contributed by atoms with Crippen molar-refractivity contribution in [2.45, 2.75) is 30.7 Å². The molecule has 0 heterocycles. The molecule has 0 saturated carbocycles. The molecule has 1 rings (SSSR count). The molecule has 8 heteroatoms. The van der Waals surface area contributed by atoms with E-state index >= 15 is 0 Å². The number of rotatable bonds is 6. The summed E-state index contributed by atoms with van der Waals surface area (Å²) >= 11 is 3.23. The summed E-state index contributed by atoms with van der Waals surface area (Å²) in [4.78, 5) is 0.0259. The molecular formula is C12H19BrN2O4S. The van der Waals surface area contributed by atoms with E-state index in [9.17, 15) is 18.6 Å². The Kier molecular flexibility index (Phi) is 5.56. The maximum absolute atomic E-state index is 12.4. The van der Waals surface area contributed by atoms with Crippen LogP contribution in [0.1, 0.15) is 18.9 Å². The smallest absolute Gasteiger partial charge is 0.241 e. The zero-order valence-corrected chi connectivity index (χ0v) is 13.8. The molecule has 0 atom stereocenters. The van der Waals surface area contributed by atoms with Crippen molar-refractivity contribution in [2.75, 3.05) is 18.9 Å². The Bertz CT molecular complexity index is 577. The molecule has 0 amide bonds. The van der Waals surface area contributed by atoms with Gasteiger partial charge in [0.05, 0.1) is 23.6 Å². The molecule has 0 fully saturated rings. The largest absolute Gasteiger partial charge is 0.398 e. The number of benzene rings is 1. The maximum atomic E-state index is 12.4. The van der Waals surface area contributed by atoms with Gasteiger partial charge in [0.2, 0.25) is 10.0 Å². The number of aryl methyl sites for hydroxylation is 1. The van der Waals surface area contributed by atoms with Gasteiger partial charge in [0, 0.05) is 10.2 Å². The molecule has 6 nitrogen and oxygen atoms in total. The average molecular weight is 367 g/mol. The third kappa shape index (κ3) is 3.50. The normalized spacial score (nSPS) is 12.7. The van der Waals surface area contributed by atoms with Crippen molar-refractivity contribution in [3.63, 3.8) is 0 Å². The molecule has 0 aromatic heterocycles. The highest BCUT2D eigenvalue weighted by molar-refractivity contribution is 9.10. The van der Waals surface area contributed by atoms with E-state index in [4.69, 9.17) is 5.73 Å². The van der Waals surface area contributed by atoms with Gasteiger partial charge < -0.3 is 15.9 Å². The van der Waals surface area contributed by atoms with E-state index in [0.29, 0.717) is 15.7 Å². The zero-order valence-electron chi connectivity index (χ0n) is 11.4. The molecule has 20 heavy (non-hydrogen) atoms. The van der Waals surface area contributed by atoms with Gasteiger partial charge in [-0.15, -0.1) is 0 Å². The molecule has 0 aliphatic heterocycles. The molecule has 0 radical (unpaired) electrons. The van der Waals surface area contributed by atoms with Crippen molar-refractivity contribution in [2.24, 2.45) is 0 Å². The summed E-state index contributed by atoms with van der Waals surface area (Å²) in [5, 5.41) is 18.7. The first-order valence-electron chi connectivity index (χ1n) is 6.02. The predicted octanol–water partition coefficient (Wildman–Crippen LogP) is 0.751. The highest BCUT2D eigenvalue weighted by atomic mass is 79.9. The summed E-state index contributed by atoms with van der Waals surface area (Å²) < 4.78 is 27.8. The number of nitrogens with two attached hydrogens (primary N) is 1. The van der Waals surface area contributed by atoms with Crippen LogP contribution < -0.4 is 10.5 Å². The van der Waals surface area contributed by atoms with Crippen molar-refractivity contribution in [1.29, 1.82) is 0 Å². The Hall–Kier alpha value is -0.670. The monoisotopic (exact) mass is 366 g/mol. The highest BCUT2D eigenvalue weighted by Crippen LogP contribution is 2.27. The lowest BCUT2D eigenvalue weighted by atomic mass is 10.0. The van der Waals surface area contributed by atoms with E-state index in [0.717, 1.165) is 0 Å². The van der Waals surface area contributed by atoms with E-state index < -0.39 is 28.8 Å². The van der Waals surface area contributed by atoms with E-state index in [2.05, 4.69) is 20.7 Å². The Morgan fingerprint density at radius 3 is 2.35 bits per heavy atom. The quantitative estimate of drug-likeness (QED) is 0.555. The molecule has 0 aliphatic rings. The lowest BCUT2D eigenvalue weighted by molar-refractivity contribution is 0.105. The summed E-state index contributed by atoms with van der Waals surface area (Å²) in [6.07, 6.45) is 0.254. The molecule has 0 unspecified atom stereocenters. The molecular weight excluding hydrogens is 348 g/mol. The molecule has 0 bridgehead atoms. The van der Waals surface area contributed by atoms with Crippen LogP contribution in [0.2, 0.25) is 0 Å². The van der Waals surface area contributed by atoms with E-state index in [1.54, 1.807) is 19.9 Å². The van der Waals surface area contributed by atoms with Gasteiger partial charge in [-0.25, -0.2) is 13.1 Å². The van der Waals surface area contributed by atoms with Crippen LogP contribution >= 0.6 is 15.9 Å². The SMILES string of the molecule is CCC(CO)(CO)NS(=O)(=O)c1cc(N)c(Br)cc1C. The summed E-state index contributed by atoms with van der Waals surface area (Å²) in [5.74, 6) is 0. The number of nitrogen functional groups attached to an aromatic ring is 1. The van der Waals surface area contributed by atoms with E-state index in [1.807, 2.05) is 0 Å². The third-order valence-corrected chi connectivity index (χ3v) is 5.62. The van der Waals surface area contributed by atoms with Crippen LogP contribution in [0.25, 0.3) is 0 Å². The minimum atomic E-state index is -3.89. The van der Waals surface area contributed by atoms with Gasteiger partial charge in [-0.2, -0.15) is 0 Å². The molecule has 5 N–H and O–H groups in total. The molecule has 1 aromatic rings. The van der Waals surface area contributed by atoms with Crippen LogP contribution in [0.4, 0.5) is 5.69 Å². The fraction of sp³-hybridized carbons (Fsp3) is 0.500. The Morgan fingerprint density at radius 2 is 1.90 bits per heavy atom. The summed E-state index contributed by atoms with van der Waals surface area (Å²) in [5.41, 5.74) is 5.24. The number of hydrogen-bond donors (Lipinski definition) is 4. The summed E-state index contributed by atoms with van der Waals surface area (Å²) in [6, 6.07) is 2.95. The number of aliphatic hydroxyl groups excluding tert-OH is 2.